The van der Waals surface area contributed by atoms with E-state index in [1.54, 1.807) is 36.2 Å². The van der Waals surface area contributed by atoms with Crippen molar-refractivity contribution in [3.8, 4) is 0 Å². The first-order valence-corrected chi connectivity index (χ1v) is 8.42. The number of imide groups is 1. The van der Waals surface area contributed by atoms with Crippen LogP contribution < -0.4 is 5.01 Å². The molecule has 1 saturated heterocycles. The molecule has 0 aromatic heterocycles. The average Bonchev–Trinajstić information content (AvgIpc) is 2.93. The molecule has 27 heavy (non-hydrogen) atoms. The fourth-order valence-electron chi connectivity index (χ4n) is 2.93. The van der Waals surface area contributed by atoms with E-state index >= 15 is 0 Å². The lowest BCUT2D eigenvalue weighted by atomic mass is 9.92. The van der Waals surface area contributed by atoms with Crippen molar-refractivity contribution in [3.63, 3.8) is 0 Å². The minimum atomic E-state index is -1.09. The summed E-state index contributed by atoms with van der Waals surface area (Å²) in [5, 5.41) is 2.59. The SMILES string of the molecule is CC(=O)OC[C@]1(C)CN(c2ccccc2)N(C(=O)c2ccc(F)cc2)C1=O. The van der Waals surface area contributed by atoms with Gasteiger partial charge in [0.05, 0.1) is 12.2 Å². The molecule has 1 fully saturated rings. The van der Waals surface area contributed by atoms with Crippen molar-refractivity contribution in [2.24, 2.45) is 5.41 Å². The standard InChI is InChI=1S/C20H19FN2O4/c1-14(24)27-13-20(2)12-22(17-6-4-3-5-7-17)23(19(20)26)18(25)15-8-10-16(21)11-9-15/h3-11H,12-13H2,1-2H3/t20-/m0/s1. The van der Waals surface area contributed by atoms with Crippen LogP contribution in [0.5, 0.6) is 0 Å². The molecule has 0 N–H and O–H groups in total. The summed E-state index contributed by atoms with van der Waals surface area (Å²) in [5.74, 6) is -2.03. The monoisotopic (exact) mass is 370 g/mol. The number of hydrogen-bond acceptors (Lipinski definition) is 5. The molecular weight excluding hydrogens is 351 g/mol. The van der Waals surface area contributed by atoms with Gasteiger partial charge in [0.1, 0.15) is 17.8 Å². The Morgan fingerprint density at radius 3 is 2.33 bits per heavy atom. The third-order valence-corrected chi connectivity index (χ3v) is 4.38. The van der Waals surface area contributed by atoms with Gasteiger partial charge in [-0.25, -0.2) is 4.39 Å². The molecule has 3 rings (SSSR count). The highest BCUT2D eigenvalue weighted by molar-refractivity contribution is 6.09. The molecule has 0 bridgehead atoms. The van der Waals surface area contributed by atoms with Gasteiger partial charge in [-0.3, -0.25) is 19.4 Å². The van der Waals surface area contributed by atoms with Gasteiger partial charge in [0.2, 0.25) is 0 Å². The van der Waals surface area contributed by atoms with Crippen molar-refractivity contribution in [1.29, 1.82) is 0 Å². The van der Waals surface area contributed by atoms with Crippen molar-refractivity contribution in [1.82, 2.24) is 5.01 Å². The Hall–Kier alpha value is -3.22. The van der Waals surface area contributed by atoms with E-state index < -0.39 is 29.0 Å². The van der Waals surface area contributed by atoms with Crippen LogP contribution in [0.25, 0.3) is 0 Å². The lowest BCUT2D eigenvalue weighted by Crippen LogP contribution is -2.44. The van der Waals surface area contributed by atoms with Gasteiger partial charge in [0.15, 0.2) is 0 Å². The number of ether oxygens (including phenoxy) is 1. The fraction of sp³-hybridized carbons (Fsp3) is 0.250. The number of amides is 2. The molecule has 2 amide bonds. The van der Waals surface area contributed by atoms with E-state index in [-0.39, 0.29) is 18.7 Å². The van der Waals surface area contributed by atoms with Crippen LogP contribution in [0.4, 0.5) is 10.1 Å². The van der Waals surface area contributed by atoms with Crippen LogP contribution in [-0.4, -0.2) is 35.9 Å². The van der Waals surface area contributed by atoms with E-state index in [0.29, 0.717) is 5.69 Å². The zero-order valence-corrected chi connectivity index (χ0v) is 15.0. The molecule has 1 heterocycles. The van der Waals surface area contributed by atoms with Gasteiger partial charge < -0.3 is 4.74 Å². The highest BCUT2D eigenvalue weighted by Gasteiger charge is 2.51. The first-order chi connectivity index (χ1) is 12.8. The average molecular weight is 370 g/mol. The Balaban J connectivity index is 1.98. The Kier molecular flexibility index (Phi) is 4.94. The third kappa shape index (κ3) is 3.67. The number of carbonyl (C=O) groups is 3. The first-order valence-electron chi connectivity index (χ1n) is 8.42. The molecule has 0 saturated carbocycles. The van der Waals surface area contributed by atoms with Crippen LogP contribution in [0.1, 0.15) is 24.2 Å². The van der Waals surface area contributed by atoms with Crippen molar-refractivity contribution in [3.05, 3.63) is 66.0 Å². The Morgan fingerprint density at radius 2 is 1.74 bits per heavy atom. The summed E-state index contributed by atoms with van der Waals surface area (Å²) in [6.45, 7) is 2.93. The fourth-order valence-corrected chi connectivity index (χ4v) is 2.93. The predicted molar refractivity (Wildman–Crippen MR) is 96.1 cm³/mol. The number of hydrogen-bond donors (Lipinski definition) is 0. The normalized spacial score (nSPS) is 19.3. The minimum absolute atomic E-state index is 0.141. The van der Waals surface area contributed by atoms with Gasteiger partial charge in [-0.1, -0.05) is 18.2 Å². The molecule has 2 aromatic carbocycles. The molecule has 0 aliphatic carbocycles. The molecule has 1 aliphatic rings. The molecule has 7 heteroatoms. The van der Waals surface area contributed by atoms with Crippen LogP contribution in [0.3, 0.4) is 0 Å². The van der Waals surface area contributed by atoms with E-state index in [2.05, 4.69) is 0 Å². The van der Waals surface area contributed by atoms with Crippen LogP contribution in [0, 0.1) is 11.2 Å². The van der Waals surface area contributed by atoms with E-state index in [1.807, 2.05) is 6.07 Å². The van der Waals surface area contributed by atoms with E-state index in [0.717, 1.165) is 5.01 Å². The zero-order chi connectivity index (χ0) is 19.6. The van der Waals surface area contributed by atoms with Crippen LogP contribution >= 0.6 is 0 Å². The zero-order valence-electron chi connectivity index (χ0n) is 15.0. The maximum absolute atomic E-state index is 13.2. The highest BCUT2D eigenvalue weighted by Crippen LogP contribution is 2.35. The van der Waals surface area contributed by atoms with Crippen molar-refractivity contribution >= 4 is 23.5 Å². The van der Waals surface area contributed by atoms with Gasteiger partial charge in [0.25, 0.3) is 11.8 Å². The summed E-state index contributed by atoms with van der Waals surface area (Å²) in [6.07, 6.45) is 0. The summed E-state index contributed by atoms with van der Waals surface area (Å²) in [5.41, 5.74) is -0.257. The molecule has 0 spiro atoms. The smallest absolute Gasteiger partial charge is 0.302 e. The number of rotatable bonds is 4. The van der Waals surface area contributed by atoms with Crippen LogP contribution in [-0.2, 0) is 14.3 Å². The van der Waals surface area contributed by atoms with E-state index in [4.69, 9.17) is 4.74 Å². The maximum Gasteiger partial charge on any atom is 0.302 e. The number of carbonyl (C=O) groups excluding carboxylic acids is 3. The summed E-state index contributed by atoms with van der Waals surface area (Å²) in [6, 6.07) is 13.9. The summed E-state index contributed by atoms with van der Waals surface area (Å²) in [4.78, 5) is 37.3. The van der Waals surface area contributed by atoms with Gasteiger partial charge in [0, 0.05) is 12.5 Å². The van der Waals surface area contributed by atoms with Crippen LogP contribution in [0.2, 0.25) is 0 Å². The molecule has 1 atom stereocenters. The van der Waals surface area contributed by atoms with Gasteiger partial charge in [-0.05, 0) is 43.3 Å². The quantitative estimate of drug-likeness (QED) is 0.612. The summed E-state index contributed by atoms with van der Waals surface area (Å²) in [7, 11) is 0. The summed E-state index contributed by atoms with van der Waals surface area (Å²) < 4.78 is 18.3. The second-order valence-electron chi connectivity index (χ2n) is 6.66. The molecule has 0 unspecified atom stereocenters. The number of benzene rings is 2. The minimum Gasteiger partial charge on any atom is -0.465 e. The van der Waals surface area contributed by atoms with E-state index in [9.17, 15) is 18.8 Å². The number of esters is 1. The largest absolute Gasteiger partial charge is 0.465 e. The van der Waals surface area contributed by atoms with Crippen molar-refractivity contribution < 1.29 is 23.5 Å². The second kappa shape index (κ2) is 7.19. The van der Waals surface area contributed by atoms with Crippen LogP contribution in [0.15, 0.2) is 54.6 Å². The highest BCUT2D eigenvalue weighted by atomic mass is 19.1. The first kappa shape index (κ1) is 18.6. The maximum atomic E-state index is 13.2. The predicted octanol–water partition coefficient (Wildman–Crippen LogP) is 2.80. The molecule has 2 aromatic rings. The lowest BCUT2D eigenvalue weighted by molar-refractivity contribution is -0.147. The topological polar surface area (TPSA) is 66.9 Å². The Morgan fingerprint density at radius 1 is 1.11 bits per heavy atom. The van der Waals surface area contributed by atoms with Crippen molar-refractivity contribution in [2.45, 2.75) is 13.8 Å². The number of para-hydroxylation sites is 1. The third-order valence-electron chi connectivity index (χ3n) is 4.38. The van der Waals surface area contributed by atoms with Gasteiger partial charge in [-0.15, -0.1) is 0 Å². The number of nitrogens with zero attached hydrogens (tertiary/aromatic N) is 2. The number of halogens is 1. The molecule has 0 radical (unpaired) electrons. The van der Waals surface area contributed by atoms with Gasteiger partial charge in [-0.2, -0.15) is 5.01 Å². The Bertz CT molecular complexity index is 869. The molecule has 1 aliphatic heterocycles. The Labute approximate surface area is 156 Å². The lowest BCUT2D eigenvalue weighted by Gasteiger charge is -2.27. The molecular formula is C20H19FN2O4. The van der Waals surface area contributed by atoms with E-state index in [1.165, 1.54) is 31.2 Å². The number of anilines is 1. The van der Waals surface area contributed by atoms with Crippen molar-refractivity contribution in [2.75, 3.05) is 18.2 Å². The second-order valence-corrected chi connectivity index (χ2v) is 6.66. The molecule has 6 nitrogen and oxygen atoms in total. The summed E-state index contributed by atoms with van der Waals surface area (Å²) >= 11 is 0. The molecule has 140 valence electrons. The number of hydrazine groups is 1. The van der Waals surface area contributed by atoms with Gasteiger partial charge >= 0.3 is 5.97 Å².